The van der Waals surface area contributed by atoms with Crippen molar-refractivity contribution in [1.29, 1.82) is 0 Å². The molecule has 0 radical (unpaired) electrons. The third kappa shape index (κ3) is 11.2. The van der Waals surface area contributed by atoms with Crippen LogP contribution in [0.5, 0.6) is 0 Å². The smallest absolute Gasteiger partial charge is 0.326 e. The normalized spacial score (nSPS) is 14.5. The number of aliphatic hydroxyl groups is 1. The zero-order chi connectivity index (χ0) is 25.0. The lowest BCUT2D eigenvalue weighted by Crippen LogP contribution is -2.58. The van der Waals surface area contributed by atoms with E-state index in [9.17, 15) is 39.0 Å². The quantitative estimate of drug-likeness (QED) is 0.118. The van der Waals surface area contributed by atoms with E-state index in [4.69, 9.17) is 17.2 Å². The Morgan fingerprint density at radius 3 is 1.75 bits per heavy atom. The molecule has 11 N–H and O–H groups in total. The van der Waals surface area contributed by atoms with Gasteiger partial charge in [0.05, 0.1) is 19.1 Å². The van der Waals surface area contributed by atoms with Gasteiger partial charge in [-0.3, -0.25) is 24.0 Å². The van der Waals surface area contributed by atoms with Gasteiger partial charge < -0.3 is 43.4 Å². The summed E-state index contributed by atoms with van der Waals surface area (Å²) >= 11 is 0. The Hall–Kier alpha value is -3.26. The third-order valence-electron chi connectivity index (χ3n) is 4.21. The number of carboxylic acids is 1. The molecule has 0 saturated carbocycles. The summed E-state index contributed by atoms with van der Waals surface area (Å²) in [7, 11) is 0. The summed E-state index contributed by atoms with van der Waals surface area (Å²) in [5, 5.41) is 25.4. The van der Waals surface area contributed by atoms with E-state index in [0.29, 0.717) is 0 Å². The molecule has 0 bridgehead atoms. The number of nitrogens with two attached hydrogens (primary N) is 3. The van der Waals surface area contributed by atoms with Crippen LogP contribution >= 0.6 is 0 Å². The minimum atomic E-state index is -1.55. The number of carbonyl (C=O) groups is 6. The minimum absolute atomic E-state index is 0.0614. The molecule has 0 saturated heterocycles. The highest BCUT2D eigenvalue weighted by molar-refractivity contribution is 5.95. The minimum Gasteiger partial charge on any atom is -0.480 e. The molecule has 0 spiro atoms. The lowest BCUT2D eigenvalue weighted by molar-refractivity contribution is -0.143. The first-order chi connectivity index (χ1) is 14.8. The van der Waals surface area contributed by atoms with Crippen molar-refractivity contribution in [3.8, 4) is 0 Å². The Bertz CT molecular complexity index is 714. The van der Waals surface area contributed by atoms with Crippen LogP contribution in [0.2, 0.25) is 0 Å². The van der Waals surface area contributed by atoms with Crippen LogP contribution in [-0.2, 0) is 28.8 Å². The van der Waals surface area contributed by atoms with E-state index in [-0.39, 0.29) is 25.2 Å². The van der Waals surface area contributed by atoms with Crippen molar-refractivity contribution >= 4 is 35.5 Å². The highest BCUT2D eigenvalue weighted by atomic mass is 16.4. The zero-order valence-corrected chi connectivity index (χ0v) is 18.0. The van der Waals surface area contributed by atoms with Crippen molar-refractivity contribution in [1.82, 2.24) is 16.0 Å². The van der Waals surface area contributed by atoms with Gasteiger partial charge in [-0.2, -0.15) is 0 Å². The molecule has 0 aromatic rings. The lowest BCUT2D eigenvalue weighted by atomic mass is 10.0. The summed E-state index contributed by atoms with van der Waals surface area (Å²) in [6, 6.07) is -5.53. The maximum Gasteiger partial charge on any atom is 0.326 e. The van der Waals surface area contributed by atoms with Gasteiger partial charge >= 0.3 is 5.97 Å². The van der Waals surface area contributed by atoms with Crippen molar-refractivity contribution in [2.45, 2.75) is 63.7 Å². The van der Waals surface area contributed by atoms with Crippen molar-refractivity contribution in [2.24, 2.45) is 23.1 Å². The standard InChI is InChI=1S/C18H32N6O8/c1-8(2)5-11(18(31)32)23-16(29)10(3-4-13(20)26)22-17(30)12(7-25)24-15(28)9(19)6-14(21)27/h8-12,25H,3-7,19H2,1-2H3,(H2,20,26)(H2,21,27)(H,22,30)(H,23,29)(H,24,28)(H,31,32). The fourth-order valence-electron chi connectivity index (χ4n) is 2.58. The Morgan fingerprint density at radius 2 is 1.31 bits per heavy atom. The average Bonchev–Trinajstić information content (AvgIpc) is 2.66. The SMILES string of the molecule is CC(C)CC(NC(=O)C(CCC(N)=O)NC(=O)C(CO)NC(=O)C(N)CC(N)=O)C(=O)O. The van der Waals surface area contributed by atoms with Gasteiger partial charge in [-0.25, -0.2) is 4.79 Å². The van der Waals surface area contributed by atoms with E-state index in [1.54, 1.807) is 13.8 Å². The van der Waals surface area contributed by atoms with Crippen LogP contribution in [0, 0.1) is 5.92 Å². The summed E-state index contributed by atoms with van der Waals surface area (Å²) in [4.78, 5) is 70.4. The number of aliphatic carboxylic acids is 1. The number of primary amides is 2. The Morgan fingerprint density at radius 1 is 0.812 bits per heavy atom. The molecule has 4 unspecified atom stereocenters. The van der Waals surface area contributed by atoms with Crippen LogP contribution in [0.25, 0.3) is 0 Å². The maximum atomic E-state index is 12.6. The number of hydrogen-bond acceptors (Lipinski definition) is 8. The fourth-order valence-corrected chi connectivity index (χ4v) is 2.58. The summed E-state index contributed by atoms with van der Waals surface area (Å²) in [5.41, 5.74) is 15.5. The number of rotatable bonds is 15. The van der Waals surface area contributed by atoms with Crippen LogP contribution < -0.4 is 33.2 Å². The van der Waals surface area contributed by atoms with Crippen LogP contribution in [0.1, 0.15) is 39.5 Å². The van der Waals surface area contributed by atoms with Gasteiger partial charge in [0.25, 0.3) is 0 Å². The van der Waals surface area contributed by atoms with Gasteiger partial charge in [-0.1, -0.05) is 13.8 Å². The second-order valence-electron chi connectivity index (χ2n) is 7.62. The first-order valence-electron chi connectivity index (χ1n) is 9.85. The lowest BCUT2D eigenvalue weighted by Gasteiger charge is -2.24. The number of nitrogens with one attached hydrogen (secondary N) is 3. The Balaban J connectivity index is 5.35. The first-order valence-corrected chi connectivity index (χ1v) is 9.85. The van der Waals surface area contributed by atoms with E-state index < -0.39 is 72.7 Å². The van der Waals surface area contributed by atoms with Gasteiger partial charge in [0.1, 0.15) is 18.1 Å². The van der Waals surface area contributed by atoms with Crippen molar-refractivity contribution in [3.05, 3.63) is 0 Å². The largest absolute Gasteiger partial charge is 0.480 e. The molecule has 0 aliphatic carbocycles. The molecule has 182 valence electrons. The topological polar surface area (TPSA) is 257 Å². The molecule has 0 rings (SSSR count). The zero-order valence-electron chi connectivity index (χ0n) is 18.0. The van der Waals surface area contributed by atoms with Crippen LogP contribution in [0.3, 0.4) is 0 Å². The molecule has 0 aliphatic rings. The molecule has 0 aliphatic heterocycles. The van der Waals surface area contributed by atoms with E-state index >= 15 is 0 Å². The molecular formula is C18H32N6O8. The molecule has 32 heavy (non-hydrogen) atoms. The van der Waals surface area contributed by atoms with Crippen LogP contribution in [-0.4, -0.2) is 76.5 Å². The number of carbonyl (C=O) groups excluding carboxylic acids is 5. The van der Waals surface area contributed by atoms with Crippen molar-refractivity contribution < 1.29 is 39.0 Å². The second kappa shape index (κ2) is 13.9. The van der Waals surface area contributed by atoms with Gasteiger partial charge in [0, 0.05) is 6.42 Å². The van der Waals surface area contributed by atoms with Crippen LogP contribution in [0.15, 0.2) is 0 Å². The molecule has 0 aromatic carbocycles. The molecule has 14 heteroatoms. The van der Waals surface area contributed by atoms with Gasteiger partial charge in [0.2, 0.25) is 29.5 Å². The van der Waals surface area contributed by atoms with Crippen molar-refractivity contribution in [2.75, 3.05) is 6.61 Å². The molecule has 5 amide bonds. The number of carboxylic acid groups (broad SMARTS) is 1. The Kier molecular flexibility index (Phi) is 12.5. The monoisotopic (exact) mass is 460 g/mol. The van der Waals surface area contributed by atoms with E-state index in [1.807, 2.05) is 0 Å². The molecule has 0 fully saturated rings. The molecule has 0 heterocycles. The summed E-state index contributed by atoms with van der Waals surface area (Å²) in [6.45, 7) is 2.63. The highest BCUT2D eigenvalue weighted by Gasteiger charge is 2.30. The summed E-state index contributed by atoms with van der Waals surface area (Å²) < 4.78 is 0. The number of hydrogen-bond donors (Lipinski definition) is 8. The summed E-state index contributed by atoms with van der Waals surface area (Å²) in [5.74, 6) is -5.80. The van der Waals surface area contributed by atoms with Crippen molar-refractivity contribution in [3.63, 3.8) is 0 Å². The highest BCUT2D eigenvalue weighted by Crippen LogP contribution is 2.07. The average molecular weight is 460 g/mol. The molecule has 4 atom stereocenters. The Labute approximate surface area is 184 Å². The molecular weight excluding hydrogens is 428 g/mol. The summed E-state index contributed by atoms with van der Waals surface area (Å²) in [6.07, 6.45) is -0.944. The molecule has 14 nitrogen and oxygen atoms in total. The van der Waals surface area contributed by atoms with E-state index in [1.165, 1.54) is 0 Å². The maximum absolute atomic E-state index is 12.6. The predicted octanol–water partition coefficient (Wildman–Crippen LogP) is -3.97. The third-order valence-corrected chi connectivity index (χ3v) is 4.21. The second-order valence-corrected chi connectivity index (χ2v) is 7.62. The van der Waals surface area contributed by atoms with Gasteiger partial charge in [-0.05, 0) is 18.8 Å². The predicted molar refractivity (Wildman–Crippen MR) is 110 cm³/mol. The fraction of sp³-hybridized carbons (Fsp3) is 0.667. The van der Waals surface area contributed by atoms with Crippen LogP contribution in [0.4, 0.5) is 0 Å². The van der Waals surface area contributed by atoms with Gasteiger partial charge in [-0.15, -0.1) is 0 Å². The number of aliphatic hydroxyl groups excluding tert-OH is 1. The van der Waals surface area contributed by atoms with Gasteiger partial charge in [0.15, 0.2) is 0 Å². The first kappa shape index (κ1) is 28.7. The number of amides is 5. The van der Waals surface area contributed by atoms with E-state index in [2.05, 4.69) is 16.0 Å². The molecule has 0 aromatic heterocycles. The van der Waals surface area contributed by atoms with E-state index in [0.717, 1.165) is 0 Å².